The summed E-state index contributed by atoms with van der Waals surface area (Å²) in [6.07, 6.45) is 15.8. The molecule has 3 saturated carbocycles. The van der Waals surface area contributed by atoms with Gasteiger partial charge in [-0.15, -0.1) is 0 Å². The minimum Gasteiger partial charge on any atom is -0.263 e. The maximum absolute atomic E-state index is 13.0. The molecule has 5 rings (SSSR count). The average Bonchev–Trinajstić information content (AvgIpc) is 3.21. The summed E-state index contributed by atoms with van der Waals surface area (Å²) >= 11 is 0. The van der Waals surface area contributed by atoms with Crippen LogP contribution in [-0.2, 0) is 14.3 Å². The van der Waals surface area contributed by atoms with Gasteiger partial charge in [-0.25, -0.2) is 0 Å². The van der Waals surface area contributed by atoms with Gasteiger partial charge in [-0.2, -0.15) is 8.42 Å². The van der Waals surface area contributed by atoms with Gasteiger partial charge >= 0.3 is 0 Å². The first kappa shape index (κ1) is 28.4. The van der Waals surface area contributed by atoms with Gasteiger partial charge in [0, 0.05) is 0 Å². The van der Waals surface area contributed by atoms with E-state index in [1.165, 1.54) is 56.9 Å². The Hall–Kier alpha value is -1.13. The molecule has 4 aliphatic carbocycles. The molecule has 8 atom stereocenters. The highest BCUT2D eigenvalue weighted by molar-refractivity contribution is 7.86. The van der Waals surface area contributed by atoms with Crippen LogP contribution >= 0.6 is 0 Å². The van der Waals surface area contributed by atoms with E-state index in [1.54, 1.807) is 12.1 Å². The summed E-state index contributed by atoms with van der Waals surface area (Å²) in [5.41, 5.74) is 3.24. The van der Waals surface area contributed by atoms with Crippen molar-refractivity contribution in [3.05, 3.63) is 41.5 Å². The third-order valence-electron chi connectivity index (χ3n) is 11.8. The SMILES string of the molecule is Cc1ccc(S(=O)(=O)O[C@H]2CC[C@@]3(C)C(=CC[C@@H]4[C@@H]3CC[C@]3(C)C([C@H](C)CCCC(C)C)CC[C@@H]43)C2)cc1. The summed E-state index contributed by atoms with van der Waals surface area (Å²) in [6.45, 7) is 14.4. The molecule has 0 radical (unpaired) electrons. The van der Waals surface area contributed by atoms with Crippen molar-refractivity contribution < 1.29 is 12.6 Å². The van der Waals surface area contributed by atoms with Crippen molar-refractivity contribution >= 4 is 10.1 Å². The fourth-order valence-corrected chi connectivity index (χ4v) is 10.8. The van der Waals surface area contributed by atoms with Gasteiger partial charge in [0.05, 0.1) is 11.0 Å². The smallest absolute Gasteiger partial charge is 0.263 e. The van der Waals surface area contributed by atoms with Crippen LogP contribution in [-0.4, -0.2) is 14.5 Å². The van der Waals surface area contributed by atoms with E-state index in [1.807, 2.05) is 19.1 Å². The normalized spacial score (nSPS) is 37.8. The van der Waals surface area contributed by atoms with Crippen LogP contribution in [0.15, 0.2) is 40.8 Å². The average molecular weight is 541 g/mol. The Kier molecular flexibility index (Phi) is 7.99. The summed E-state index contributed by atoms with van der Waals surface area (Å²) < 4.78 is 31.8. The Morgan fingerprint density at radius 2 is 1.68 bits per heavy atom. The molecule has 3 nitrogen and oxygen atoms in total. The maximum atomic E-state index is 13.0. The Labute approximate surface area is 233 Å². The molecule has 0 bridgehead atoms. The first-order valence-electron chi connectivity index (χ1n) is 15.6. The summed E-state index contributed by atoms with van der Waals surface area (Å²) in [5, 5.41) is 0. The topological polar surface area (TPSA) is 43.4 Å². The van der Waals surface area contributed by atoms with Crippen LogP contribution in [0.1, 0.15) is 111 Å². The molecule has 212 valence electrons. The molecular weight excluding hydrogens is 488 g/mol. The third kappa shape index (κ3) is 5.18. The van der Waals surface area contributed by atoms with Crippen LogP contribution in [0.5, 0.6) is 0 Å². The van der Waals surface area contributed by atoms with Gasteiger partial charge in [-0.1, -0.05) is 83.2 Å². The lowest BCUT2D eigenvalue weighted by atomic mass is 9.47. The van der Waals surface area contributed by atoms with E-state index in [9.17, 15) is 8.42 Å². The molecule has 0 heterocycles. The van der Waals surface area contributed by atoms with Gasteiger partial charge in [-0.05, 0) is 117 Å². The van der Waals surface area contributed by atoms with Crippen LogP contribution < -0.4 is 0 Å². The predicted molar refractivity (Wildman–Crippen MR) is 156 cm³/mol. The van der Waals surface area contributed by atoms with E-state index in [0.29, 0.717) is 5.41 Å². The molecule has 38 heavy (non-hydrogen) atoms. The van der Waals surface area contributed by atoms with E-state index < -0.39 is 10.1 Å². The Balaban J connectivity index is 1.27. The molecule has 0 spiro atoms. The first-order valence-corrected chi connectivity index (χ1v) is 17.0. The van der Waals surface area contributed by atoms with Gasteiger partial charge in [-0.3, -0.25) is 4.18 Å². The molecule has 1 aromatic carbocycles. The van der Waals surface area contributed by atoms with Crippen LogP contribution in [0.2, 0.25) is 0 Å². The van der Waals surface area contributed by atoms with Gasteiger partial charge in [0.1, 0.15) is 0 Å². The highest BCUT2D eigenvalue weighted by Gasteiger charge is 2.59. The summed E-state index contributed by atoms with van der Waals surface area (Å²) in [6, 6.07) is 7.02. The second kappa shape index (κ2) is 10.7. The lowest BCUT2D eigenvalue weighted by Gasteiger charge is -2.58. The van der Waals surface area contributed by atoms with Crippen molar-refractivity contribution in [1.29, 1.82) is 0 Å². The molecule has 0 N–H and O–H groups in total. The Morgan fingerprint density at radius 1 is 0.947 bits per heavy atom. The van der Waals surface area contributed by atoms with Crippen LogP contribution in [0.4, 0.5) is 0 Å². The lowest BCUT2D eigenvalue weighted by Crippen LogP contribution is -2.51. The fourth-order valence-electron chi connectivity index (χ4n) is 9.67. The zero-order valence-corrected chi connectivity index (χ0v) is 25.7. The first-order chi connectivity index (χ1) is 17.9. The molecule has 0 amide bonds. The van der Waals surface area contributed by atoms with E-state index in [2.05, 4.69) is 40.7 Å². The van der Waals surface area contributed by atoms with E-state index in [4.69, 9.17) is 4.18 Å². The maximum Gasteiger partial charge on any atom is 0.297 e. The molecule has 4 heteroatoms. The van der Waals surface area contributed by atoms with Crippen molar-refractivity contribution in [2.45, 2.75) is 123 Å². The number of fused-ring (bicyclic) bond motifs is 5. The van der Waals surface area contributed by atoms with Crippen molar-refractivity contribution in [2.75, 3.05) is 0 Å². The van der Waals surface area contributed by atoms with Crippen molar-refractivity contribution in [2.24, 2.45) is 46.3 Å². The summed E-state index contributed by atoms with van der Waals surface area (Å²) in [4.78, 5) is 0.273. The molecule has 0 aromatic heterocycles. The zero-order valence-electron chi connectivity index (χ0n) is 24.8. The van der Waals surface area contributed by atoms with Crippen LogP contribution in [0.25, 0.3) is 0 Å². The second-order valence-electron chi connectivity index (χ2n) is 14.5. The van der Waals surface area contributed by atoms with Gasteiger partial charge in [0.25, 0.3) is 10.1 Å². The molecule has 1 aromatic rings. The number of hydrogen-bond acceptors (Lipinski definition) is 3. The number of hydrogen-bond donors (Lipinski definition) is 0. The molecule has 1 unspecified atom stereocenters. The summed E-state index contributed by atoms with van der Waals surface area (Å²) in [5.74, 6) is 4.93. The van der Waals surface area contributed by atoms with Crippen molar-refractivity contribution in [1.82, 2.24) is 0 Å². The van der Waals surface area contributed by atoms with Crippen molar-refractivity contribution in [3.8, 4) is 0 Å². The molecule has 3 fully saturated rings. The second-order valence-corrected chi connectivity index (χ2v) is 16.1. The van der Waals surface area contributed by atoms with Crippen molar-refractivity contribution in [3.63, 3.8) is 0 Å². The number of aryl methyl sites for hydroxylation is 1. The Morgan fingerprint density at radius 3 is 2.39 bits per heavy atom. The van der Waals surface area contributed by atoms with Gasteiger partial charge in [0.2, 0.25) is 0 Å². The third-order valence-corrected chi connectivity index (χ3v) is 13.2. The van der Waals surface area contributed by atoms with Gasteiger partial charge in [0.15, 0.2) is 0 Å². The highest BCUT2D eigenvalue weighted by Crippen LogP contribution is 2.67. The highest BCUT2D eigenvalue weighted by atomic mass is 32.2. The number of rotatable bonds is 8. The lowest BCUT2D eigenvalue weighted by molar-refractivity contribution is -0.0556. The van der Waals surface area contributed by atoms with Gasteiger partial charge < -0.3 is 0 Å². The number of allylic oxidation sites excluding steroid dienone is 1. The minimum atomic E-state index is -3.73. The predicted octanol–water partition coefficient (Wildman–Crippen LogP) is 9.11. The Bertz CT molecular complexity index is 1120. The zero-order chi connectivity index (χ0) is 27.3. The fraction of sp³-hybridized carbons (Fsp3) is 0.765. The van der Waals surface area contributed by atoms with E-state index in [-0.39, 0.29) is 16.4 Å². The quantitative estimate of drug-likeness (QED) is 0.244. The molecule has 0 aliphatic heterocycles. The van der Waals surface area contributed by atoms with Crippen LogP contribution in [0, 0.1) is 53.3 Å². The van der Waals surface area contributed by atoms with E-state index >= 15 is 0 Å². The number of benzene rings is 1. The largest absolute Gasteiger partial charge is 0.297 e. The minimum absolute atomic E-state index is 0.207. The molecule has 0 saturated heterocycles. The summed E-state index contributed by atoms with van der Waals surface area (Å²) in [7, 11) is -3.73. The molecule has 4 aliphatic rings. The van der Waals surface area contributed by atoms with E-state index in [0.717, 1.165) is 60.3 Å². The standard InChI is InChI=1S/C34H52O3S/c1-23(2)8-7-9-25(4)30-16-17-31-29-15-12-26-22-27(37-38(35,36)28-13-10-24(3)11-14-28)18-20-33(26,5)32(29)19-21-34(30,31)6/h10-14,23,25,27,29-32H,7-9,15-22H2,1-6H3/t25-,27+,29+,30?,31+,32+,33+,34-/m1/s1. The molecular formula is C34H52O3S. The monoisotopic (exact) mass is 540 g/mol. The van der Waals surface area contributed by atoms with Crippen LogP contribution in [0.3, 0.4) is 0 Å².